The molecule has 2 rings (SSSR count). The topological polar surface area (TPSA) is 54.5 Å². The third-order valence-electron chi connectivity index (χ3n) is 4.99. The Morgan fingerprint density at radius 2 is 1.59 bits per heavy atom. The number of rotatable bonds is 4. The van der Waals surface area contributed by atoms with Gasteiger partial charge in [-0.25, -0.2) is 8.42 Å². The Balaban J connectivity index is 1.88. The summed E-state index contributed by atoms with van der Waals surface area (Å²) in [5.41, 5.74) is -0.204. The second kappa shape index (κ2) is 7.81. The minimum absolute atomic E-state index is 0.0318. The maximum atomic E-state index is 12.6. The molecule has 1 heterocycles. The van der Waals surface area contributed by atoms with Crippen LogP contribution in [0.25, 0.3) is 0 Å². The summed E-state index contributed by atoms with van der Waals surface area (Å²) >= 11 is 0. The van der Waals surface area contributed by atoms with Crippen molar-refractivity contribution >= 4 is 15.7 Å². The summed E-state index contributed by atoms with van der Waals surface area (Å²) in [6, 6.07) is 4.60. The van der Waals surface area contributed by atoms with E-state index in [0.717, 1.165) is 12.1 Å². The molecule has 1 aliphatic rings. The lowest BCUT2D eigenvalue weighted by Gasteiger charge is -2.33. The Labute approximate surface area is 158 Å². The molecule has 1 saturated heterocycles. The molecule has 8 heteroatoms. The normalized spacial score (nSPS) is 17.2. The highest BCUT2D eigenvalue weighted by Crippen LogP contribution is 2.29. The van der Waals surface area contributed by atoms with Crippen LogP contribution >= 0.6 is 0 Å². The van der Waals surface area contributed by atoms with E-state index < -0.39 is 26.3 Å². The van der Waals surface area contributed by atoms with Crippen LogP contribution in [0.15, 0.2) is 24.3 Å². The number of alkyl halides is 3. The van der Waals surface area contributed by atoms with Crippen molar-refractivity contribution in [3.63, 3.8) is 0 Å². The Hall–Kier alpha value is -1.57. The van der Waals surface area contributed by atoms with Gasteiger partial charge in [0.1, 0.15) is 0 Å². The lowest BCUT2D eigenvalue weighted by atomic mass is 9.98. The fourth-order valence-electron chi connectivity index (χ4n) is 3.01. The fourth-order valence-corrected chi connectivity index (χ4v) is 4.46. The Bertz CT molecular complexity index is 757. The predicted octanol–water partition coefficient (Wildman–Crippen LogP) is 3.70. The van der Waals surface area contributed by atoms with E-state index in [1.54, 1.807) is 25.7 Å². The van der Waals surface area contributed by atoms with Crippen LogP contribution in [0.2, 0.25) is 0 Å². The first-order valence-corrected chi connectivity index (χ1v) is 10.6. The van der Waals surface area contributed by atoms with Crippen LogP contribution in [-0.4, -0.2) is 42.8 Å². The van der Waals surface area contributed by atoms with Crippen molar-refractivity contribution in [3.8, 4) is 0 Å². The number of hydrogen-bond donors (Lipinski definition) is 0. The maximum absolute atomic E-state index is 12.6. The molecule has 152 valence electrons. The third kappa shape index (κ3) is 5.70. The minimum Gasteiger partial charge on any atom is -0.342 e. The molecule has 1 aromatic rings. The highest BCUT2D eigenvalue weighted by Gasteiger charge is 2.34. The molecule has 0 aromatic heterocycles. The third-order valence-corrected chi connectivity index (χ3v) is 7.77. The summed E-state index contributed by atoms with van der Waals surface area (Å²) in [5.74, 6) is 0.00785. The molecule has 0 spiro atoms. The summed E-state index contributed by atoms with van der Waals surface area (Å²) < 4.78 is 61.6. The van der Waals surface area contributed by atoms with Crippen LogP contribution in [0.5, 0.6) is 0 Å². The van der Waals surface area contributed by atoms with Gasteiger partial charge in [0, 0.05) is 13.1 Å². The average Bonchev–Trinajstić information content (AvgIpc) is 2.53. The molecule has 1 fully saturated rings. The van der Waals surface area contributed by atoms with E-state index in [9.17, 15) is 26.4 Å². The number of halogens is 3. The van der Waals surface area contributed by atoms with E-state index in [-0.39, 0.29) is 24.0 Å². The van der Waals surface area contributed by atoms with Crippen molar-refractivity contribution in [2.45, 2.75) is 51.0 Å². The molecular formula is C19H26F3NO3S. The molecule has 0 radical (unpaired) electrons. The quantitative estimate of drug-likeness (QED) is 0.768. The SMILES string of the molecule is CC(C)(C)S(=O)(=O)CC1CCN(C(=O)Cc2ccc(C(F)(F)F)cc2)CC1. The van der Waals surface area contributed by atoms with Crippen LogP contribution in [0.4, 0.5) is 13.2 Å². The number of carbonyl (C=O) groups is 1. The van der Waals surface area contributed by atoms with Crippen molar-refractivity contribution in [1.29, 1.82) is 0 Å². The Morgan fingerprint density at radius 1 is 1.07 bits per heavy atom. The van der Waals surface area contributed by atoms with Crippen LogP contribution in [-0.2, 0) is 27.2 Å². The van der Waals surface area contributed by atoms with Gasteiger partial charge in [0.25, 0.3) is 0 Å². The van der Waals surface area contributed by atoms with E-state index in [1.807, 2.05) is 0 Å². The number of benzene rings is 1. The summed E-state index contributed by atoms with van der Waals surface area (Å²) in [7, 11) is -3.20. The van der Waals surface area contributed by atoms with Crippen LogP contribution in [0.3, 0.4) is 0 Å². The van der Waals surface area contributed by atoms with Crippen molar-refractivity contribution < 1.29 is 26.4 Å². The van der Waals surface area contributed by atoms with E-state index in [4.69, 9.17) is 0 Å². The molecule has 4 nitrogen and oxygen atoms in total. The molecular weight excluding hydrogens is 379 g/mol. The van der Waals surface area contributed by atoms with Crippen LogP contribution in [0.1, 0.15) is 44.7 Å². The lowest BCUT2D eigenvalue weighted by Crippen LogP contribution is -2.42. The molecule has 27 heavy (non-hydrogen) atoms. The molecule has 0 saturated carbocycles. The number of nitrogens with zero attached hydrogens (tertiary/aromatic N) is 1. The number of amides is 1. The summed E-state index contributed by atoms with van der Waals surface area (Å²) in [5, 5.41) is 0. The van der Waals surface area contributed by atoms with Gasteiger partial charge < -0.3 is 4.90 Å². The van der Waals surface area contributed by atoms with Crippen molar-refractivity contribution in [1.82, 2.24) is 4.90 Å². The molecule has 1 amide bonds. The largest absolute Gasteiger partial charge is 0.416 e. The van der Waals surface area contributed by atoms with E-state index >= 15 is 0 Å². The van der Waals surface area contributed by atoms with Crippen LogP contribution in [0, 0.1) is 5.92 Å². The van der Waals surface area contributed by atoms with Gasteiger partial charge >= 0.3 is 6.18 Å². The molecule has 0 bridgehead atoms. The molecule has 1 aliphatic heterocycles. The van der Waals surface area contributed by atoms with Gasteiger partial charge in [0.05, 0.1) is 22.5 Å². The van der Waals surface area contributed by atoms with Gasteiger partial charge in [-0.3, -0.25) is 4.79 Å². The second-order valence-corrected chi connectivity index (χ2v) is 10.9. The molecule has 1 aromatic carbocycles. The predicted molar refractivity (Wildman–Crippen MR) is 98.0 cm³/mol. The van der Waals surface area contributed by atoms with Crippen LogP contribution < -0.4 is 0 Å². The van der Waals surface area contributed by atoms with Crippen molar-refractivity contribution in [3.05, 3.63) is 35.4 Å². The van der Waals surface area contributed by atoms with E-state index in [1.165, 1.54) is 12.1 Å². The van der Waals surface area contributed by atoms with Gasteiger partial charge in [-0.2, -0.15) is 13.2 Å². The first-order valence-electron chi connectivity index (χ1n) is 8.96. The monoisotopic (exact) mass is 405 g/mol. The number of piperidine rings is 1. The Morgan fingerprint density at radius 3 is 2.04 bits per heavy atom. The highest BCUT2D eigenvalue weighted by atomic mass is 32.2. The first kappa shape index (κ1) is 21.7. The van der Waals surface area contributed by atoms with E-state index in [0.29, 0.717) is 31.5 Å². The molecule has 0 unspecified atom stereocenters. The molecule has 0 N–H and O–H groups in total. The average molecular weight is 405 g/mol. The van der Waals surface area contributed by atoms with Gasteiger partial charge in [-0.05, 0) is 57.2 Å². The van der Waals surface area contributed by atoms with Gasteiger partial charge in [-0.1, -0.05) is 12.1 Å². The van der Waals surface area contributed by atoms with Crippen molar-refractivity contribution in [2.24, 2.45) is 5.92 Å². The summed E-state index contributed by atoms with van der Waals surface area (Å²) in [6.07, 6.45) is -3.11. The minimum atomic E-state index is -4.39. The zero-order valence-corrected chi connectivity index (χ0v) is 16.7. The van der Waals surface area contributed by atoms with E-state index in [2.05, 4.69) is 0 Å². The summed E-state index contributed by atoms with van der Waals surface area (Å²) in [4.78, 5) is 14.1. The number of likely N-dealkylation sites (tertiary alicyclic amines) is 1. The highest BCUT2D eigenvalue weighted by molar-refractivity contribution is 7.92. The first-order chi connectivity index (χ1) is 12.3. The fraction of sp³-hybridized carbons (Fsp3) is 0.632. The van der Waals surface area contributed by atoms with Gasteiger partial charge in [-0.15, -0.1) is 0 Å². The Kier molecular flexibility index (Phi) is 6.29. The smallest absolute Gasteiger partial charge is 0.342 e. The van der Waals surface area contributed by atoms with Crippen molar-refractivity contribution in [2.75, 3.05) is 18.8 Å². The number of sulfone groups is 1. The van der Waals surface area contributed by atoms with Gasteiger partial charge in [0.15, 0.2) is 9.84 Å². The molecule has 0 atom stereocenters. The summed E-state index contributed by atoms with van der Waals surface area (Å²) in [6.45, 7) is 6.01. The zero-order chi connectivity index (χ0) is 20.5. The maximum Gasteiger partial charge on any atom is 0.416 e. The number of carbonyl (C=O) groups excluding carboxylic acids is 1. The van der Waals surface area contributed by atoms with Gasteiger partial charge in [0.2, 0.25) is 5.91 Å². The zero-order valence-electron chi connectivity index (χ0n) is 15.8. The standard InChI is InChI=1S/C19H26F3NO3S/c1-18(2,3)27(25,26)13-15-8-10-23(11-9-15)17(24)12-14-4-6-16(7-5-14)19(20,21)22/h4-7,15H,8-13H2,1-3H3. The molecule has 0 aliphatic carbocycles. The second-order valence-electron chi connectivity index (χ2n) is 8.09. The number of hydrogen-bond acceptors (Lipinski definition) is 3. The lowest BCUT2D eigenvalue weighted by molar-refractivity contribution is -0.137.